The Morgan fingerprint density at radius 2 is 2.71 bits per heavy atom. The van der Waals surface area contributed by atoms with Crippen LogP contribution < -0.4 is 3.53 Å². The molecule has 3 nitrogen and oxygen atoms in total. The van der Waals surface area contributed by atoms with Crippen molar-refractivity contribution in [2.75, 3.05) is 3.53 Å². The normalized spacial score (nSPS) is 8.71. The highest BCUT2D eigenvalue weighted by atomic mass is 127. The average Bonchev–Trinajstić information content (AvgIpc) is 2.14. The Bertz CT molecular complexity index is 127. The van der Waals surface area contributed by atoms with Crippen LogP contribution in [-0.4, -0.2) is 5.16 Å². The van der Waals surface area contributed by atoms with Crippen LogP contribution in [0.2, 0.25) is 0 Å². The van der Waals surface area contributed by atoms with Gasteiger partial charge >= 0.3 is 0 Å². The molecule has 0 radical (unpaired) electrons. The van der Waals surface area contributed by atoms with Crippen LogP contribution in [0, 0.1) is 0 Å². The molecule has 0 aliphatic heterocycles. The Hall–Kier alpha value is -0.260. The van der Waals surface area contributed by atoms with Gasteiger partial charge in [-0.2, -0.15) is 0 Å². The van der Waals surface area contributed by atoms with Crippen molar-refractivity contribution < 1.29 is 4.52 Å². The minimum atomic E-state index is 0.751. The minimum Gasteiger partial charge on any atom is -0.363 e. The van der Waals surface area contributed by atoms with Gasteiger partial charge in [-0.1, -0.05) is 5.16 Å². The van der Waals surface area contributed by atoms with E-state index in [9.17, 15) is 0 Å². The topological polar surface area (TPSA) is 38.1 Å². The first-order valence-electron chi connectivity index (χ1n) is 1.70. The molecule has 1 aromatic heterocycles. The fraction of sp³-hybridized carbons (Fsp3) is 0. The summed E-state index contributed by atoms with van der Waals surface area (Å²) in [5.41, 5.74) is 0. The Morgan fingerprint density at radius 1 is 1.86 bits per heavy atom. The predicted octanol–water partition coefficient (Wildman–Crippen LogP) is 1.44. The van der Waals surface area contributed by atoms with Gasteiger partial charge in [0, 0.05) is 6.07 Å². The monoisotopic (exact) mass is 210 g/mol. The highest BCUT2D eigenvalue weighted by Gasteiger charge is 1.85. The van der Waals surface area contributed by atoms with Crippen molar-refractivity contribution >= 4 is 28.7 Å². The highest BCUT2D eigenvalue weighted by molar-refractivity contribution is 14.1. The van der Waals surface area contributed by atoms with Crippen molar-refractivity contribution in [1.82, 2.24) is 5.16 Å². The van der Waals surface area contributed by atoms with Crippen LogP contribution in [-0.2, 0) is 0 Å². The maximum Gasteiger partial charge on any atom is 0.177 e. The third-order valence-corrected chi connectivity index (χ3v) is 1.09. The second-order valence-electron chi connectivity index (χ2n) is 0.979. The number of hydrogen-bond acceptors (Lipinski definition) is 3. The first-order valence-corrected chi connectivity index (χ1v) is 2.78. The quantitative estimate of drug-likeness (QED) is 0.562. The maximum atomic E-state index is 4.49. The largest absolute Gasteiger partial charge is 0.363 e. The van der Waals surface area contributed by atoms with E-state index in [2.05, 4.69) is 13.2 Å². The summed E-state index contributed by atoms with van der Waals surface area (Å²) in [6, 6.07) is 1.74. The van der Waals surface area contributed by atoms with Crippen LogP contribution in [0.4, 0.5) is 5.82 Å². The first-order chi connectivity index (χ1) is 3.43. The van der Waals surface area contributed by atoms with Gasteiger partial charge in [-0.05, 0) is 0 Å². The van der Waals surface area contributed by atoms with E-state index in [-0.39, 0.29) is 0 Å². The number of anilines is 1. The molecule has 1 rings (SSSR count). The molecule has 4 heteroatoms. The molecule has 0 aromatic carbocycles. The van der Waals surface area contributed by atoms with Crippen molar-refractivity contribution in [3.8, 4) is 0 Å². The summed E-state index contributed by atoms with van der Waals surface area (Å²) >= 11 is 1.98. The van der Waals surface area contributed by atoms with Crippen LogP contribution >= 0.6 is 22.9 Å². The van der Waals surface area contributed by atoms with Gasteiger partial charge in [0.25, 0.3) is 0 Å². The van der Waals surface area contributed by atoms with E-state index < -0.39 is 0 Å². The van der Waals surface area contributed by atoms with E-state index in [1.807, 2.05) is 22.9 Å². The van der Waals surface area contributed by atoms with E-state index in [1.165, 1.54) is 6.26 Å². The summed E-state index contributed by atoms with van der Waals surface area (Å²) < 4.78 is 7.26. The molecule has 0 aliphatic rings. The predicted molar refractivity (Wildman–Crippen MR) is 34.1 cm³/mol. The first kappa shape index (κ1) is 4.89. The van der Waals surface area contributed by atoms with Crippen LogP contribution in [0.5, 0.6) is 0 Å². The molecule has 0 unspecified atom stereocenters. The van der Waals surface area contributed by atoms with Gasteiger partial charge in [0.1, 0.15) is 6.26 Å². The lowest BCUT2D eigenvalue weighted by Gasteiger charge is -1.79. The Balaban J connectivity index is 2.76. The number of halogens is 1. The third kappa shape index (κ3) is 1.05. The lowest BCUT2D eigenvalue weighted by molar-refractivity contribution is 0.423. The summed E-state index contributed by atoms with van der Waals surface area (Å²) in [4.78, 5) is 0. The standard InChI is InChI=1S/C3H3IN2O/c4-5-3-1-2-7-6-3/h1-2H,(H,5,6). The van der Waals surface area contributed by atoms with E-state index in [0.29, 0.717) is 0 Å². The van der Waals surface area contributed by atoms with Crippen molar-refractivity contribution in [2.45, 2.75) is 0 Å². The molecule has 0 saturated heterocycles. The molecule has 0 aliphatic carbocycles. The summed E-state index contributed by atoms with van der Waals surface area (Å²) in [6.07, 6.45) is 1.51. The fourth-order valence-electron chi connectivity index (χ4n) is 0.261. The zero-order valence-electron chi connectivity index (χ0n) is 3.39. The number of hydrogen-bond donors (Lipinski definition) is 1. The molecule has 0 fully saturated rings. The van der Waals surface area contributed by atoms with Gasteiger partial charge in [-0.15, -0.1) is 0 Å². The van der Waals surface area contributed by atoms with Gasteiger partial charge in [0.05, 0.1) is 22.9 Å². The number of nitrogens with one attached hydrogen (secondary N) is 1. The van der Waals surface area contributed by atoms with Crippen molar-refractivity contribution in [3.63, 3.8) is 0 Å². The summed E-state index contributed by atoms with van der Waals surface area (Å²) in [7, 11) is 0. The smallest absolute Gasteiger partial charge is 0.177 e. The van der Waals surface area contributed by atoms with Gasteiger partial charge in [0.2, 0.25) is 0 Å². The molecule has 0 amide bonds. The highest BCUT2D eigenvalue weighted by Crippen LogP contribution is 2.01. The van der Waals surface area contributed by atoms with Crippen LogP contribution in [0.15, 0.2) is 16.9 Å². The molecule has 38 valence electrons. The van der Waals surface area contributed by atoms with Crippen LogP contribution in [0.3, 0.4) is 0 Å². The molecular weight excluding hydrogens is 207 g/mol. The van der Waals surface area contributed by atoms with Crippen molar-refractivity contribution in [3.05, 3.63) is 12.3 Å². The lowest BCUT2D eigenvalue weighted by Crippen LogP contribution is -1.73. The second kappa shape index (κ2) is 2.15. The zero-order chi connectivity index (χ0) is 5.11. The molecule has 1 aromatic rings. The van der Waals surface area contributed by atoms with Crippen LogP contribution in [0.1, 0.15) is 0 Å². The number of nitrogens with zero attached hydrogens (tertiary/aromatic N) is 1. The maximum absolute atomic E-state index is 4.49. The summed E-state index contributed by atoms with van der Waals surface area (Å²) in [5.74, 6) is 0.751. The van der Waals surface area contributed by atoms with Gasteiger partial charge in [-0.3, -0.25) is 0 Å². The van der Waals surface area contributed by atoms with Crippen molar-refractivity contribution in [1.29, 1.82) is 0 Å². The van der Waals surface area contributed by atoms with Crippen LogP contribution in [0.25, 0.3) is 0 Å². The van der Waals surface area contributed by atoms with E-state index >= 15 is 0 Å². The number of rotatable bonds is 1. The molecule has 1 N–H and O–H groups in total. The Kier molecular flexibility index (Phi) is 1.50. The average molecular weight is 210 g/mol. The van der Waals surface area contributed by atoms with Gasteiger partial charge in [0.15, 0.2) is 5.82 Å². The SMILES string of the molecule is INc1ccon1. The minimum absolute atomic E-state index is 0.751. The molecular formula is C3H3IN2O. The summed E-state index contributed by atoms with van der Waals surface area (Å²) in [6.45, 7) is 0. The molecule has 1 heterocycles. The lowest BCUT2D eigenvalue weighted by atomic mass is 10.7. The van der Waals surface area contributed by atoms with Gasteiger partial charge in [-0.25, -0.2) is 0 Å². The van der Waals surface area contributed by atoms with E-state index in [4.69, 9.17) is 0 Å². The zero-order valence-corrected chi connectivity index (χ0v) is 5.55. The molecule has 0 bridgehead atoms. The second-order valence-corrected chi connectivity index (χ2v) is 1.52. The fourth-order valence-corrected chi connectivity index (χ4v) is 0.540. The Morgan fingerprint density at radius 3 is 3.00 bits per heavy atom. The number of aromatic nitrogens is 1. The summed E-state index contributed by atoms with van der Waals surface area (Å²) in [5, 5.41) is 3.54. The molecule has 0 saturated carbocycles. The van der Waals surface area contributed by atoms with E-state index in [0.717, 1.165) is 5.82 Å². The Labute approximate surface area is 54.6 Å². The molecule has 0 atom stereocenters. The third-order valence-electron chi connectivity index (χ3n) is 0.535. The van der Waals surface area contributed by atoms with Crippen molar-refractivity contribution in [2.24, 2.45) is 0 Å². The molecule has 7 heavy (non-hydrogen) atoms. The molecule has 0 spiro atoms. The van der Waals surface area contributed by atoms with E-state index in [1.54, 1.807) is 6.07 Å². The van der Waals surface area contributed by atoms with Gasteiger partial charge < -0.3 is 8.05 Å².